The van der Waals surface area contributed by atoms with Crippen molar-refractivity contribution in [3.63, 3.8) is 0 Å². The molecule has 68 valence electrons. The van der Waals surface area contributed by atoms with Gasteiger partial charge in [0.15, 0.2) is 0 Å². The van der Waals surface area contributed by atoms with Crippen molar-refractivity contribution >= 4 is 27.0 Å². The van der Waals surface area contributed by atoms with E-state index >= 15 is 0 Å². The molecule has 0 radical (unpaired) electrons. The zero-order chi connectivity index (χ0) is 9.59. The van der Waals surface area contributed by atoms with Crippen LogP contribution in [0, 0.1) is 6.92 Å². The zero-order valence-electron chi connectivity index (χ0n) is 7.26. The molecule has 2 rings (SSSR count). The van der Waals surface area contributed by atoms with Gasteiger partial charge in [0, 0.05) is 7.05 Å². The molecule has 0 unspecified atom stereocenters. The molecule has 0 saturated carbocycles. The summed E-state index contributed by atoms with van der Waals surface area (Å²) in [4.78, 5) is 18.8. The molecule has 2 heterocycles. The van der Waals surface area contributed by atoms with E-state index in [1.54, 1.807) is 13.1 Å². The van der Waals surface area contributed by atoms with Crippen LogP contribution in [-0.2, 0) is 7.05 Å². The van der Waals surface area contributed by atoms with E-state index in [4.69, 9.17) is 0 Å². The van der Waals surface area contributed by atoms with Gasteiger partial charge in [-0.25, -0.2) is 4.98 Å². The third kappa shape index (κ3) is 1.19. The number of aryl methyl sites for hydroxylation is 1. The molecule has 5 heteroatoms. The summed E-state index contributed by atoms with van der Waals surface area (Å²) in [5, 5.41) is 0. The van der Waals surface area contributed by atoms with E-state index in [9.17, 15) is 4.79 Å². The lowest BCUT2D eigenvalue weighted by molar-refractivity contribution is 0.791. The molecule has 0 aliphatic heterocycles. The molecule has 0 atom stereocenters. The molecule has 13 heavy (non-hydrogen) atoms. The summed E-state index contributed by atoms with van der Waals surface area (Å²) in [7, 11) is 1.71. The smallest absolute Gasteiger partial charge is 0.277 e. The number of nitrogens with zero attached hydrogens (tertiary/aromatic N) is 2. The van der Waals surface area contributed by atoms with E-state index in [0.29, 0.717) is 16.9 Å². The minimum absolute atomic E-state index is 0.0480. The average molecular weight is 242 g/mol. The second-order valence-corrected chi connectivity index (χ2v) is 3.76. The van der Waals surface area contributed by atoms with Crippen molar-refractivity contribution < 1.29 is 0 Å². The maximum atomic E-state index is 11.6. The molecule has 0 spiro atoms. The molecule has 2 aromatic heterocycles. The molecule has 0 aliphatic rings. The summed E-state index contributed by atoms with van der Waals surface area (Å²) in [6, 6.07) is 1.80. The standard InChI is InChI=1S/C8H8BrN3O/c1-4-10-5-3-6(9)11-7(5)8(13)12(4)2/h3,11H,1-2H3. The Morgan fingerprint density at radius 3 is 3.00 bits per heavy atom. The highest BCUT2D eigenvalue weighted by molar-refractivity contribution is 9.10. The number of nitrogens with one attached hydrogen (secondary N) is 1. The average Bonchev–Trinajstić information content (AvgIpc) is 2.42. The van der Waals surface area contributed by atoms with Crippen molar-refractivity contribution in [1.82, 2.24) is 14.5 Å². The lowest BCUT2D eigenvalue weighted by Gasteiger charge is -2.00. The van der Waals surface area contributed by atoms with Crippen molar-refractivity contribution in [1.29, 1.82) is 0 Å². The Balaban J connectivity index is 3.01. The van der Waals surface area contributed by atoms with E-state index in [0.717, 1.165) is 4.60 Å². The Morgan fingerprint density at radius 1 is 1.62 bits per heavy atom. The summed E-state index contributed by atoms with van der Waals surface area (Å²) in [6.07, 6.45) is 0. The van der Waals surface area contributed by atoms with Gasteiger partial charge in [-0.3, -0.25) is 9.36 Å². The molecule has 0 aliphatic carbocycles. The molecule has 1 N–H and O–H groups in total. The third-order valence-electron chi connectivity index (χ3n) is 2.05. The highest BCUT2D eigenvalue weighted by Crippen LogP contribution is 2.14. The van der Waals surface area contributed by atoms with Gasteiger partial charge in [-0.1, -0.05) is 0 Å². The van der Waals surface area contributed by atoms with Gasteiger partial charge in [-0.2, -0.15) is 0 Å². The van der Waals surface area contributed by atoms with Crippen molar-refractivity contribution in [2.45, 2.75) is 6.92 Å². The number of aromatic amines is 1. The van der Waals surface area contributed by atoms with Crippen LogP contribution in [0.25, 0.3) is 11.0 Å². The minimum atomic E-state index is -0.0480. The topological polar surface area (TPSA) is 50.7 Å². The highest BCUT2D eigenvalue weighted by Gasteiger charge is 2.07. The fourth-order valence-corrected chi connectivity index (χ4v) is 1.64. The number of hydrogen-bond donors (Lipinski definition) is 1. The van der Waals surface area contributed by atoms with Gasteiger partial charge in [0.25, 0.3) is 5.56 Å². The summed E-state index contributed by atoms with van der Waals surface area (Å²) >= 11 is 3.26. The second kappa shape index (κ2) is 2.70. The van der Waals surface area contributed by atoms with Crippen LogP contribution < -0.4 is 5.56 Å². The number of fused-ring (bicyclic) bond motifs is 1. The molecular formula is C8H8BrN3O. The number of rotatable bonds is 0. The van der Waals surface area contributed by atoms with Crippen LogP contribution in [0.5, 0.6) is 0 Å². The Morgan fingerprint density at radius 2 is 2.31 bits per heavy atom. The van der Waals surface area contributed by atoms with Crippen LogP contribution in [-0.4, -0.2) is 14.5 Å². The highest BCUT2D eigenvalue weighted by atomic mass is 79.9. The van der Waals surface area contributed by atoms with E-state index in [1.807, 2.05) is 6.92 Å². The molecule has 2 aromatic rings. The summed E-state index contributed by atoms with van der Waals surface area (Å²) in [6.45, 7) is 1.81. The first-order chi connectivity index (χ1) is 6.09. The van der Waals surface area contributed by atoms with Crippen molar-refractivity contribution in [3.8, 4) is 0 Å². The quantitative estimate of drug-likeness (QED) is 0.757. The van der Waals surface area contributed by atoms with E-state index in [-0.39, 0.29) is 5.56 Å². The minimum Gasteiger partial charge on any atom is -0.343 e. The first kappa shape index (κ1) is 8.50. The summed E-state index contributed by atoms with van der Waals surface area (Å²) < 4.78 is 2.29. The first-order valence-corrected chi connectivity index (χ1v) is 4.61. The zero-order valence-corrected chi connectivity index (χ0v) is 8.84. The fourth-order valence-electron chi connectivity index (χ4n) is 1.23. The van der Waals surface area contributed by atoms with Crippen LogP contribution in [0.3, 0.4) is 0 Å². The monoisotopic (exact) mass is 241 g/mol. The predicted molar refractivity (Wildman–Crippen MR) is 53.8 cm³/mol. The molecule has 0 aromatic carbocycles. The van der Waals surface area contributed by atoms with Crippen LogP contribution in [0.4, 0.5) is 0 Å². The van der Waals surface area contributed by atoms with E-state index < -0.39 is 0 Å². The number of H-pyrrole nitrogens is 1. The fraction of sp³-hybridized carbons (Fsp3) is 0.250. The number of hydrogen-bond acceptors (Lipinski definition) is 2. The normalized spacial score (nSPS) is 11.0. The summed E-state index contributed by atoms with van der Waals surface area (Å²) in [5.41, 5.74) is 1.20. The van der Waals surface area contributed by atoms with Gasteiger partial charge in [-0.05, 0) is 28.9 Å². The van der Waals surface area contributed by atoms with Crippen LogP contribution in [0.1, 0.15) is 5.82 Å². The van der Waals surface area contributed by atoms with Gasteiger partial charge in [0.1, 0.15) is 11.3 Å². The van der Waals surface area contributed by atoms with Crippen LogP contribution >= 0.6 is 15.9 Å². The molecule has 4 nitrogen and oxygen atoms in total. The SMILES string of the molecule is Cc1nc2cc(Br)[nH]c2c(=O)n1C. The van der Waals surface area contributed by atoms with Crippen LogP contribution in [0.2, 0.25) is 0 Å². The van der Waals surface area contributed by atoms with Gasteiger partial charge < -0.3 is 4.98 Å². The molecule has 0 amide bonds. The Bertz CT molecular complexity index is 526. The van der Waals surface area contributed by atoms with E-state index in [1.165, 1.54) is 4.57 Å². The second-order valence-electron chi connectivity index (χ2n) is 2.90. The van der Waals surface area contributed by atoms with Crippen molar-refractivity contribution in [2.75, 3.05) is 0 Å². The molecule has 0 saturated heterocycles. The van der Waals surface area contributed by atoms with Crippen LogP contribution in [0.15, 0.2) is 15.5 Å². The largest absolute Gasteiger partial charge is 0.343 e. The molecule has 0 fully saturated rings. The van der Waals surface area contributed by atoms with Gasteiger partial charge in [0.05, 0.1) is 10.1 Å². The van der Waals surface area contributed by atoms with E-state index in [2.05, 4.69) is 25.9 Å². The molecule has 0 bridgehead atoms. The van der Waals surface area contributed by atoms with Gasteiger partial charge in [-0.15, -0.1) is 0 Å². The summed E-state index contributed by atoms with van der Waals surface area (Å²) in [5.74, 6) is 0.712. The predicted octanol–water partition coefficient (Wildman–Crippen LogP) is 1.33. The lowest BCUT2D eigenvalue weighted by atomic mass is 10.4. The Hall–Kier alpha value is -1.10. The lowest BCUT2D eigenvalue weighted by Crippen LogP contribution is -2.20. The first-order valence-electron chi connectivity index (χ1n) is 3.81. The Labute approximate surface area is 82.7 Å². The third-order valence-corrected chi connectivity index (χ3v) is 2.48. The molecular weight excluding hydrogens is 234 g/mol. The number of halogens is 1. The van der Waals surface area contributed by atoms with Crippen molar-refractivity contribution in [3.05, 3.63) is 26.8 Å². The number of aromatic nitrogens is 3. The maximum Gasteiger partial charge on any atom is 0.277 e. The van der Waals surface area contributed by atoms with Crippen molar-refractivity contribution in [2.24, 2.45) is 7.05 Å². The maximum absolute atomic E-state index is 11.6. The Kier molecular flexibility index (Phi) is 1.76. The van der Waals surface area contributed by atoms with Gasteiger partial charge >= 0.3 is 0 Å². The van der Waals surface area contributed by atoms with Gasteiger partial charge in [0.2, 0.25) is 0 Å².